The largest absolute Gasteiger partial charge is 0.287 e. The summed E-state index contributed by atoms with van der Waals surface area (Å²) in [6.07, 6.45) is 6.47. The Hall–Kier alpha value is -0.740. The van der Waals surface area contributed by atoms with E-state index in [-0.39, 0.29) is 5.78 Å². The summed E-state index contributed by atoms with van der Waals surface area (Å²) in [7, 11) is 0. The first-order chi connectivity index (χ1) is 8.16. The van der Waals surface area contributed by atoms with Crippen molar-refractivity contribution in [2.75, 3.05) is 0 Å². The Morgan fingerprint density at radius 3 is 2.88 bits per heavy atom. The van der Waals surface area contributed by atoms with Crippen LogP contribution in [0.2, 0.25) is 0 Å². The van der Waals surface area contributed by atoms with Gasteiger partial charge in [-0.05, 0) is 46.8 Å². The quantitative estimate of drug-likeness (QED) is 0.706. The van der Waals surface area contributed by atoms with Crippen LogP contribution in [0.3, 0.4) is 0 Å². The van der Waals surface area contributed by atoms with E-state index >= 15 is 0 Å². The standard InChI is InChI=1S/C13H9Br2NO/c14-9-5-8-2-1-7-3-4-10(15)11(7)13(17)12(8)16-6-9/h4-6H,1-3H2. The summed E-state index contributed by atoms with van der Waals surface area (Å²) in [4.78, 5) is 16.7. The van der Waals surface area contributed by atoms with Crippen molar-refractivity contribution in [1.29, 1.82) is 0 Å². The highest BCUT2D eigenvalue weighted by Crippen LogP contribution is 2.38. The van der Waals surface area contributed by atoms with E-state index in [0.717, 1.165) is 39.4 Å². The summed E-state index contributed by atoms with van der Waals surface area (Å²) in [5, 5.41) is 0. The first-order valence-electron chi connectivity index (χ1n) is 5.44. The van der Waals surface area contributed by atoms with Gasteiger partial charge in [-0.3, -0.25) is 9.78 Å². The number of nitrogens with zero attached hydrogens (tertiary/aromatic N) is 1. The van der Waals surface area contributed by atoms with Gasteiger partial charge in [-0.1, -0.05) is 27.6 Å². The van der Waals surface area contributed by atoms with Crippen LogP contribution in [0, 0.1) is 0 Å². The van der Waals surface area contributed by atoms with E-state index in [0.29, 0.717) is 5.69 Å². The fraction of sp³-hybridized carbons (Fsp3) is 0.231. The Morgan fingerprint density at radius 1 is 1.24 bits per heavy atom. The average Bonchev–Trinajstić information content (AvgIpc) is 2.60. The number of pyridine rings is 1. The number of rotatable bonds is 0. The second-order valence-corrected chi connectivity index (χ2v) is 6.00. The van der Waals surface area contributed by atoms with Gasteiger partial charge in [-0.2, -0.15) is 0 Å². The summed E-state index contributed by atoms with van der Waals surface area (Å²) in [6, 6.07) is 2.00. The molecule has 0 radical (unpaired) electrons. The molecule has 86 valence electrons. The minimum Gasteiger partial charge on any atom is -0.287 e. The molecule has 1 aromatic heterocycles. The average molecular weight is 355 g/mol. The predicted molar refractivity (Wildman–Crippen MR) is 73.2 cm³/mol. The van der Waals surface area contributed by atoms with Crippen LogP contribution in [0.25, 0.3) is 0 Å². The number of hydrogen-bond donors (Lipinski definition) is 0. The molecule has 0 N–H and O–H groups in total. The SMILES string of the molecule is O=C1C2=C(CC=C2Br)CCc2cc(Br)cnc21. The van der Waals surface area contributed by atoms with Crippen LogP contribution in [-0.2, 0) is 6.42 Å². The van der Waals surface area contributed by atoms with E-state index in [1.54, 1.807) is 6.20 Å². The fourth-order valence-electron chi connectivity index (χ4n) is 2.36. The van der Waals surface area contributed by atoms with Crippen LogP contribution in [0.4, 0.5) is 0 Å². The highest BCUT2D eigenvalue weighted by molar-refractivity contribution is 9.12. The highest BCUT2D eigenvalue weighted by atomic mass is 79.9. The van der Waals surface area contributed by atoms with Crippen molar-refractivity contribution in [2.24, 2.45) is 0 Å². The van der Waals surface area contributed by atoms with E-state index in [2.05, 4.69) is 42.9 Å². The summed E-state index contributed by atoms with van der Waals surface area (Å²) in [6.45, 7) is 0. The number of hydrogen-bond acceptors (Lipinski definition) is 2. The van der Waals surface area contributed by atoms with Crippen LogP contribution in [0.15, 0.2) is 38.4 Å². The predicted octanol–water partition coefficient (Wildman–Crippen LogP) is 3.95. The molecule has 17 heavy (non-hydrogen) atoms. The first-order valence-corrected chi connectivity index (χ1v) is 7.02. The highest BCUT2D eigenvalue weighted by Gasteiger charge is 2.28. The third-order valence-corrected chi connectivity index (χ3v) is 4.35. The lowest BCUT2D eigenvalue weighted by atomic mass is 10.1. The zero-order valence-corrected chi connectivity index (χ0v) is 12.1. The van der Waals surface area contributed by atoms with E-state index in [9.17, 15) is 4.79 Å². The third-order valence-electron chi connectivity index (χ3n) is 3.19. The number of carbonyl (C=O) groups excluding carboxylic acids is 1. The molecule has 2 aliphatic carbocycles. The number of Topliss-reactive ketones (excluding diaryl/α,β-unsaturated/α-hetero) is 1. The normalized spacial score (nSPS) is 18.7. The summed E-state index contributed by atoms with van der Waals surface area (Å²) in [5.74, 6) is 0.0561. The molecule has 0 atom stereocenters. The van der Waals surface area contributed by atoms with Crippen LogP contribution in [0.1, 0.15) is 28.9 Å². The second kappa shape index (κ2) is 4.18. The van der Waals surface area contributed by atoms with Crippen LogP contribution < -0.4 is 0 Å². The molecule has 0 aromatic carbocycles. The lowest BCUT2D eigenvalue weighted by Gasteiger charge is -2.05. The molecule has 0 amide bonds. The van der Waals surface area contributed by atoms with E-state index < -0.39 is 0 Å². The summed E-state index contributed by atoms with van der Waals surface area (Å²) < 4.78 is 1.86. The molecule has 0 saturated carbocycles. The molecular weight excluding hydrogens is 346 g/mol. The van der Waals surface area contributed by atoms with Crippen molar-refractivity contribution in [3.8, 4) is 0 Å². The minimum atomic E-state index is 0.0561. The molecule has 3 rings (SSSR count). The van der Waals surface area contributed by atoms with Gasteiger partial charge in [-0.15, -0.1) is 0 Å². The van der Waals surface area contributed by atoms with Gasteiger partial charge in [-0.25, -0.2) is 0 Å². The topological polar surface area (TPSA) is 30.0 Å². The van der Waals surface area contributed by atoms with Crippen LogP contribution in [0.5, 0.6) is 0 Å². The van der Waals surface area contributed by atoms with Gasteiger partial charge in [0.25, 0.3) is 0 Å². The molecule has 0 fully saturated rings. The van der Waals surface area contributed by atoms with Crippen molar-refractivity contribution in [3.05, 3.63) is 49.7 Å². The molecule has 0 saturated heterocycles. The zero-order valence-electron chi connectivity index (χ0n) is 8.96. The maximum absolute atomic E-state index is 12.4. The van der Waals surface area contributed by atoms with Gasteiger partial charge in [0.05, 0.1) is 0 Å². The monoisotopic (exact) mass is 353 g/mol. The molecule has 1 heterocycles. The van der Waals surface area contributed by atoms with Gasteiger partial charge in [0.2, 0.25) is 5.78 Å². The smallest absolute Gasteiger partial charge is 0.212 e. The third kappa shape index (κ3) is 1.83. The van der Waals surface area contributed by atoms with Crippen molar-refractivity contribution in [1.82, 2.24) is 4.98 Å². The minimum absolute atomic E-state index is 0.0561. The second-order valence-electron chi connectivity index (χ2n) is 4.23. The molecule has 0 unspecified atom stereocenters. The van der Waals surface area contributed by atoms with Gasteiger partial charge in [0, 0.05) is 20.7 Å². The summed E-state index contributed by atoms with van der Waals surface area (Å²) >= 11 is 6.87. The molecule has 4 heteroatoms. The van der Waals surface area contributed by atoms with Crippen molar-refractivity contribution in [2.45, 2.75) is 19.3 Å². The number of fused-ring (bicyclic) bond motifs is 1. The molecule has 1 aromatic rings. The van der Waals surface area contributed by atoms with Gasteiger partial charge >= 0.3 is 0 Å². The number of halogens is 2. The van der Waals surface area contributed by atoms with E-state index in [1.165, 1.54) is 5.57 Å². The molecule has 0 spiro atoms. The van der Waals surface area contributed by atoms with Gasteiger partial charge in [0.1, 0.15) is 5.69 Å². The number of aryl methyl sites for hydroxylation is 1. The zero-order chi connectivity index (χ0) is 12.0. The van der Waals surface area contributed by atoms with Gasteiger partial charge < -0.3 is 0 Å². The van der Waals surface area contributed by atoms with Gasteiger partial charge in [0.15, 0.2) is 0 Å². The molecule has 0 bridgehead atoms. The van der Waals surface area contributed by atoms with Crippen molar-refractivity contribution >= 4 is 37.6 Å². The van der Waals surface area contributed by atoms with Crippen LogP contribution >= 0.6 is 31.9 Å². The lowest BCUT2D eigenvalue weighted by Crippen LogP contribution is -2.07. The summed E-state index contributed by atoms with van der Waals surface area (Å²) in [5.41, 5.74) is 3.71. The molecule has 2 aliphatic rings. The molecule has 2 nitrogen and oxygen atoms in total. The fourth-order valence-corrected chi connectivity index (χ4v) is 3.36. The van der Waals surface area contributed by atoms with Crippen LogP contribution in [-0.4, -0.2) is 10.8 Å². The Kier molecular flexibility index (Phi) is 2.79. The number of ketones is 1. The first kappa shape index (κ1) is 11.4. The Bertz CT molecular complexity index is 587. The Morgan fingerprint density at radius 2 is 2.06 bits per heavy atom. The number of carbonyl (C=O) groups is 1. The molecule has 0 aliphatic heterocycles. The Labute approximate surface area is 116 Å². The lowest BCUT2D eigenvalue weighted by molar-refractivity contribution is 0.103. The van der Waals surface area contributed by atoms with E-state index in [1.807, 2.05) is 6.07 Å². The number of allylic oxidation sites excluding steroid dienone is 4. The van der Waals surface area contributed by atoms with Crippen molar-refractivity contribution in [3.63, 3.8) is 0 Å². The number of aromatic nitrogens is 1. The van der Waals surface area contributed by atoms with Crippen molar-refractivity contribution < 1.29 is 4.79 Å². The Balaban J connectivity index is 2.15. The maximum Gasteiger partial charge on any atom is 0.212 e. The maximum atomic E-state index is 12.4. The van der Waals surface area contributed by atoms with E-state index in [4.69, 9.17) is 0 Å². The molecular formula is C13H9Br2NO.